The second-order valence-electron chi connectivity index (χ2n) is 9.48. The van der Waals surface area contributed by atoms with Crippen LogP contribution >= 0.6 is 0 Å². The quantitative estimate of drug-likeness (QED) is 0.324. The maximum absolute atomic E-state index is 8.17. The first kappa shape index (κ1) is 25.1. The summed E-state index contributed by atoms with van der Waals surface area (Å²) in [6, 6.07) is 0. The van der Waals surface area contributed by atoms with Gasteiger partial charge in [0.2, 0.25) is 5.96 Å². The summed E-state index contributed by atoms with van der Waals surface area (Å²) in [5, 5.41) is 24.2. The standard InChI is InChI=1S/C12H23N5.C11H21N5/c1-15(12(14)17-9-5-6-10-17)11(13)16-7-3-2-4-8-16;12-10(15-6-2-1-3-7-15)14-11(13)16-8-4-5-9-16/h13-14H,2-10H2,1H3;1-9H2,(H3,12,13,14). The lowest BCUT2D eigenvalue weighted by Gasteiger charge is -2.35. The Morgan fingerprint density at radius 2 is 0.909 bits per heavy atom. The first-order chi connectivity index (χ1) is 16.0. The lowest BCUT2D eigenvalue weighted by Crippen LogP contribution is -2.50. The smallest absolute Gasteiger partial charge is 0.221 e. The van der Waals surface area contributed by atoms with Gasteiger partial charge < -0.3 is 25.3 Å². The van der Waals surface area contributed by atoms with Crippen molar-refractivity contribution in [2.75, 3.05) is 59.4 Å². The van der Waals surface area contributed by atoms with Gasteiger partial charge >= 0.3 is 0 Å². The van der Waals surface area contributed by atoms with Crippen molar-refractivity contribution in [1.82, 2.24) is 24.5 Å². The fourth-order valence-electron chi connectivity index (χ4n) is 4.86. The predicted molar refractivity (Wildman–Crippen MR) is 135 cm³/mol. The average molecular weight is 461 g/mol. The van der Waals surface area contributed by atoms with E-state index in [1.165, 1.54) is 64.2 Å². The van der Waals surface area contributed by atoms with E-state index in [9.17, 15) is 0 Å². The van der Waals surface area contributed by atoms with Crippen LogP contribution in [0.2, 0.25) is 0 Å². The maximum Gasteiger partial charge on any atom is 0.221 e. The zero-order valence-corrected chi connectivity index (χ0v) is 20.5. The van der Waals surface area contributed by atoms with E-state index in [0.717, 1.165) is 52.4 Å². The Morgan fingerprint density at radius 1 is 0.576 bits per heavy atom. The van der Waals surface area contributed by atoms with E-state index in [4.69, 9.17) is 22.0 Å². The van der Waals surface area contributed by atoms with Crippen LogP contribution in [-0.4, -0.2) is 108 Å². The molecule has 0 saturated carbocycles. The van der Waals surface area contributed by atoms with Gasteiger partial charge in [-0.05, 0) is 64.2 Å². The summed E-state index contributed by atoms with van der Waals surface area (Å²) < 4.78 is 0. The number of piperidine rings is 2. The fraction of sp³-hybridized carbons (Fsp3) is 0.826. The van der Waals surface area contributed by atoms with Gasteiger partial charge in [-0.1, -0.05) is 0 Å². The molecule has 4 aliphatic rings. The SMILES string of the molecule is CN(C(=N)N1CCCCC1)C(=N)N1CCCC1.N=C(N=C(N)N1CCCCC1)N1CCCC1. The van der Waals surface area contributed by atoms with Crippen LogP contribution < -0.4 is 5.73 Å². The molecule has 0 radical (unpaired) electrons. The summed E-state index contributed by atoms with van der Waals surface area (Å²) in [5.74, 6) is 1.83. The van der Waals surface area contributed by atoms with E-state index < -0.39 is 0 Å². The lowest BCUT2D eigenvalue weighted by molar-refractivity contribution is 0.309. The zero-order chi connectivity index (χ0) is 23.6. The van der Waals surface area contributed by atoms with Crippen molar-refractivity contribution in [3.05, 3.63) is 0 Å². The van der Waals surface area contributed by atoms with Gasteiger partial charge in [-0.2, -0.15) is 4.99 Å². The molecular weight excluding hydrogens is 416 g/mol. The molecule has 0 bridgehead atoms. The molecule has 5 N–H and O–H groups in total. The molecule has 0 aromatic carbocycles. The molecule has 0 aromatic rings. The molecule has 4 aliphatic heterocycles. The van der Waals surface area contributed by atoms with Crippen molar-refractivity contribution >= 4 is 23.8 Å². The van der Waals surface area contributed by atoms with Gasteiger partial charge in [-0.15, -0.1) is 0 Å². The Morgan fingerprint density at radius 3 is 1.33 bits per heavy atom. The van der Waals surface area contributed by atoms with Gasteiger partial charge in [0.15, 0.2) is 17.9 Å². The number of likely N-dealkylation sites (tertiary alicyclic amines) is 4. The topological polar surface area (TPSA) is 126 Å². The third kappa shape index (κ3) is 7.23. The monoisotopic (exact) mass is 460 g/mol. The van der Waals surface area contributed by atoms with Crippen LogP contribution in [0, 0.1) is 16.2 Å². The van der Waals surface area contributed by atoms with Crippen LogP contribution in [0.4, 0.5) is 0 Å². The predicted octanol–water partition coefficient (Wildman–Crippen LogP) is 2.19. The van der Waals surface area contributed by atoms with E-state index in [0.29, 0.717) is 23.8 Å². The molecule has 186 valence electrons. The minimum atomic E-state index is 0.334. The summed E-state index contributed by atoms with van der Waals surface area (Å²) in [5.41, 5.74) is 5.93. The highest BCUT2D eigenvalue weighted by Gasteiger charge is 2.24. The molecule has 10 nitrogen and oxygen atoms in total. The van der Waals surface area contributed by atoms with E-state index in [1.54, 1.807) is 4.90 Å². The van der Waals surface area contributed by atoms with Crippen molar-refractivity contribution in [2.45, 2.75) is 64.2 Å². The number of rotatable bonds is 0. The van der Waals surface area contributed by atoms with Gasteiger partial charge in [-0.25, -0.2) is 0 Å². The summed E-state index contributed by atoms with van der Waals surface area (Å²) in [7, 11) is 1.84. The Labute approximate surface area is 199 Å². The molecule has 0 amide bonds. The minimum absolute atomic E-state index is 0.334. The highest BCUT2D eigenvalue weighted by Crippen LogP contribution is 2.13. The molecule has 4 fully saturated rings. The third-order valence-electron chi connectivity index (χ3n) is 7.00. The van der Waals surface area contributed by atoms with E-state index in [1.807, 2.05) is 11.9 Å². The molecule has 0 spiro atoms. The van der Waals surface area contributed by atoms with Crippen LogP contribution in [0.1, 0.15) is 64.2 Å². The molecule has 4 rings (SSSR count). The normalized spacial score (nSPS) is 21.5. The second-order valence-corrected chi connectivity index (χ2v) is 9.48. The number of nitrogens with two attached hydrogens (primary N) is 1. The third-order valence-corrected chi connectivity index (χ3v) is 7.00. The molecular formula is C23H44N10. The molecule has 0 aliphatic carbocycles. The van der Waals surface area contributed by atoms with Crippen LogP contribution in [0.25, 0.3) is 0 Å². The molecule has 0 atom stereocenters. The molecule has 0 aromatic heterocycles. The average Bonchev–Trinajstić information content (AvgIpc) is 3.59. The van der Waals surface area contributed by atoms with Gasteiger partial charge in [-0.3, -0.25) is 21.1 Å². The number of aliphatic imine (C=N–C) groups is 1. The largest absolute Gasteiger partial charge is 0.369 e. The first-order valence-corrected chi connectivity index (χ1v) is 12.8. The van der Waals surface area contributed by atoms with Crippen LogP contribution in [-0.2, 0) is 0 Å². The molecule has 4 heterocycles. The van der Waals surface area contributed by atoms with Crippen LogP contribution in [0.3, 0.4) is 0 Å². The molecule has 33 heavy (non-hydrogen) atoms. The van der Waals surface area contributed by atoms with E-state index >= 15 is 0 Å². The zero-order valence-electron chi connectivity index (χ0n) is 20.5. The summed E-state index contributed by atoms with van der Waals surface area (Å²) in [6.07, 6.45) is 12.0. The fourth-order valence-corrected chi connectivity index (χ4v) is 4.86. The second kappa shape index (κ2) is 12.6. The lowest BCUT2D eigenvalue weighted by atomic mass is 10.1. The van der Waals surface area contributed by atoms with E-state index in [2.05, 4.69) is 19.7 Å². The summed E-state index contributed by atoms with van der Waals surface area (Å²) in [6.45, 7) is 7.76. The van der Waals surface area contributed by atoms with Crippen LogP contribution in [0.15, 0.2) is 4.99 Å². The highest BCUT2D eigenvalue weighted by molar-refractivity contribution is 5.95. The Balaban J connectivity index is 0.000000186. The van der Waals surface area contributed by atoms with Crippen molar-refractivity contribution in [1.29, 1.82) is 16.2 Å². The number of hydrogen-bond donors (Lipinski definition) is 4. The Bertz CT molecular complexity index is 681. The number of guanidine groups is 4. The maximum atomic E-state index is 8.17. The molecule has 10 heteroatoms. The van der Waals surface area contributed by atoms with Gasteiger partial charge in [0.25, 0.3) is 0 Å². The highest BCUT2D eigenvalue weighted by atomic mass is 15.4. The van der Waals surface area contributed by atoms with Gasteiger partial charge in [0, 0.05) is 59.4 Å². The number of nitrogens with one attached hydrogen (secondary N) is 3. The Kier molecular flexibility index (Phi) is 9.62. The summed E-state index contributed by atoms with van der Waals surface area (Å²) >= 11 is 0. The Hall–Kier alpha value is -2.52. The van der Waals surface area contributed by atoms with Crippen molar-refractivity contribution < 1.29 is 0 Å². The van der Waals surface area contributed by atoms with Gasteiger partial charge in [0.05, 0.1) is 0 Å². The minimum Gasteiger partial charge on any atom is -0.369 e. The van der Waals surface area contributed by atoms with Crippen molar-refractivity contribution in [3.8, 4) is 0 Å². The molecule has 4 saturated heterocycles. The first-order valence-electron chi connectivity index (χ1n) is 12.8. The number of hydrogen-bond acceptors (Lipinski definition) is 3. The van der Waals surface area contributed by atoms with Crippen molar-refractivity contribution in [3.63, 3.8) is 0 Å². The van der Waals surface area contributed by atoms with Crippen molar-refractivity contribution in [2.24, 2.45) is 10.7 Å². The van der Waals surface area contributed by atoms with Gasteiger partial charge in [0.1, 0.15) is 0 Å². The van der Waals surface area contributed by atoms with E-state index in [-0.39, 0.29) is 0 Å². The van der Waals surface area contributed by atoms with Crippen LogP contribution in [0.5, 0.6) is 0 Å². The summed E-state index contributed by atoms with van der Waals surface area (Å²) in [4.78, 5) is 14.2. The number of nitrogens with zero attached hydrogens (tertiary/aromatic N) is 6. The molecule has 0 unspecified atom stereocenters.